The molecular weight excluding hydrogens is 574 g/mol. The summed E-state index contributed by atoms with van der Waals surface area (Å²) < 4.78 is 35.3. The van der Waals surface area contributed by atoms with Gasteiger partial charge >= 0.3 is 6.16 Å². The van der Waals surface area contributed by atoms with Crippen LogP contribution in [0.2, 0.25) is 0 Å². The van der Waals surface area contributed by atoms with Crippen LogP contribution in [0.3, 0.4) is 0 Å². The molecule has 4 aromatic carbocycles. The molecule has 2 saturated heterocycles. The lowest BCUT2D eigenvalue weighted by molar-refractivity contribution is -0.282. The van der Waals surface area contributed by atoms with Crippen molar-refractivity contribution >= 4 is 34.0 Å². The molecule has 0 bridgehead atoms. The molecule has 0 saturated carbocycles. The molecule has 2 aliphatic rings. The van der Waals surface area contributed by atoms with Crippen molar-refractivity contribution in [1.29, 1.82) is 0 Å². The molecule has 0 unspecified atom stereocenters. The first kappa shape index (κ1) is 28.9. The van der Waals surface area contributed by atoms with Crippen LogP contribution in [0, 0.1) is 0 Å². The largest absolute Gasteiger partial charge is 0.509 e. The molecule has 2 aliphatic heterocycles. The van der Waals surface area contributed by atoms with Crippen molar-refractivity contribution in [2.24, 2.45) is 0 Å². The van der Waals surface area contributed by atoms with E-state index in [2.05, 4.69) is 5.32 Å². The van der Waals surface area contributed by atoms with Crippen LogP contribution < -0.4 is 10.1 Å². The van der Waals surface area contributed by atoms with Crippen molar-refractivity contribution in [2.75, 3.05) is 13.7 Å². The number of furan rings is 1. The number of fused-ring (bicyclic) bond motifs is 4. The van der Waals surface area contributed by atoms with Gasteiger partial charge in [0.15, 0.2) is 6.10 Å². The van der Waals surface area contributed by atoms with Gasteiger partial charge in [0.25, 0.3) is 5.91 Å². The number of ether oxygens (including phenoxy) is 5. The van der Waals surface area contributed by atoms with E-state index in [1.807, 2.05) is 92.7 Å². The highest BCUT2D eigenvalue weighted by Crippen LogP contribution is 2.41. The smallest absolute Gasteiger partial charge is 0.461 e. The van der Waals surface area contributed by atoms with Crippen LogP contribution in [0.15, 0.2) is 95.4 Å². The van der Waals surface area contributed by atoms with E-state index >= 15 is 0 Å². The summed E-state index contributed by atoms with van der Waals surface area (Å²) >= 11 is 0. The zero-order valence-electron chi connectivity index (χ0n) is 25.1. The van der Waals surface area contributed by atoms with E-state index in [1.165, 1.54) is 7.11 Å². The Hall–Kier alpha value is -4.86. The molecule has 1 N–H and O–H groups in total. The molecule has 9 nitrogen and oxygen atoms in total. The van der Waals surface area contributed by atoms with E-state index in [4.69, 9.17) is 28.1 Å². The molecule has 1 aromatic heterocycles. The Labute approximate surface area is 260 Å². The van der Waals surface area contributed by atoms with Crippen molar-refractivity contribution in [1.82, 2.24) is 5.32 Å². The van der Waals surface area contributed by atoms with Gasteiger partial charge in [-0.05, 0) is 55.7 Å². The molecule has 45 heavy (non-hydrogen) atoms. The Bertz CT molecular complexity index is 1880. The summed E-state index contributed by atoms with van der Waals surface area (Å²) in [6.45, 7) is 4.11. The van der Waals surface area contributed by atoms with Gasteiger partial charge in [0.05, 0.1) is 11.2 Å². The maximum Gasteiger partial charge on any atom is 0.509 e. The molecule has 4 atom stereocenters. The second-order valence-corrected chi connectivity index (χ2v) is 11.8. The van der Waals surface area contributed by atoms with E-state index in [1.54, 1.807) is 12.1 Å². The van der Waals surface area contributed by atoms with Crippen molar-refractivity contribution in [2.45, 2.75) is 50.5 Å². The first-order chi connectivity index (χ1) is 21.8. The zero-order valence-corrected chi connectivity index (χ0v) is 25.1. The van der Waals surface area contributed by atoms with E-state index in [0.717, 1.165) is 27.5 Å². The quantitative estimate of drug-likeness (QED) is 0.195. The fourth-order valence-corrected chi connectivity index (χ4v) is 6.34. The molecule has 1 amide bonds. The summed E-state index contributed by atoms with van der Waals surface area (Å²) in [6.07, 6.45) is -3.27. The molecule has 7 rings (SSSR count). The number of amides is 1. The van der Waals surface area contributed by atoms with E-state index in [-0.39, 0.29) is 5.91 Å². The summed E-state index contributed by atoms with van der Waals surface area (Å²) in [5.74, 6) is 0.0967. The number of para-hydroxylation sites is 2. The van der Waals surface area contributed by atoms with Crippen molar-refractivity contribution < 1.29 is 37.7 Å². The molecule has 3 heterocycles. The van der Waals surface area contributed by atoms with Gasteiger partial charge in [0, 0.05) is 30.0 Å². The van der Waals surface area contributed by atoms with Gasteiger partial charge in [-0.3, -0.25) is 4.79 Å². The van der Waals surface area contributed by atoms with Crippen molar-refractivity contribution in [3.05, 3.63) is 102 Å². The number of carbonyl (C=O) groups is 2. The number of nitrogens with one attached hydrogen (secondary N) is 1. The average Bonchev–Trinajstić information content (AvgIpc) is 3.61. The van der Waals surface area contributed by atoms with Crippen LogP contribution in [0.1, 0.15) is 29.8 Å². The number of hydrogen-bond acceptors (Lipinski definition) is 8. The summed E-state index contributed by atoms with van der Waals surface area (Å²) in [5.41, 5.74) is 3.57. The van der Waals surface area contributed by atoms with Gasteiger partial charge in [0.2, 0.25) is 12.4 Å². The molecule has 0 aliphatic carbocycles. The minimum absolute atomic E-state index is 0.266. The minimum Gasteiger partial charge on any atom is -0.461 e. The Morgan fingerprint density at radius 3 is 2.44 bits per heavy atom. The highest BCUT2D eigenvalue weighted by atomic mass is 16.8. The fraction of sp³-hybridized carbons (Fsp3) is 0.278. The van der Waals surface area contributed by atoms with Crippen LogP contribution in [-0.4, -0.2) is 55.9 Å². The number of hydrogen-bond donors (Lipinski definition) is 1. The van der Waals surface area contributed by atoms with E-state index in [0.29, 0.717) is 35.4 Å². The van der Waals surface area contributed by atoms with E-state index in [9.17, 15) is 9.59 Å². The highest BCUT2D eigenvalue weighted by Gasteiger charge is 2.58. The molecule has 2 fully saturated rings. The monoisotopic (exact) mass is 607 g/mol. The van der Waals surface area contributed by atoms with Crippen LogP contribution >= 0.6 is 0 Å². The molecular formula is C36H33NO8. The molecule has 230 valence electrons. The number of carbonyl (C=O) groups excluding carboxylic acids is 2. The number of methoxy groups -OCH3 is 1. The standard InChI is InChI=1S/C36H33NO8/c1-36(2)32(40-3)30-31(44-35(39)43-30)34(45-36)41-22-16-17-23(27(20-22)33(38)37-19-18-21-10-5-4-6-11-21)25-13-9-14-26-24-12-7-8-15-28(24)42-29(25)26/h4-17,20,30-32,34H,18-19H2,1-3H3,(H,37,38)/t30-,31+,32+,34+/m0/s1. The summed E-state index contributed by atoms with van der Waals surface area (Å²) in [7, 11) is 1.53. The molecule has 0 spiro atoms. The van der Waals surface area contributed by atoms with E-state index < -0.39 is 36.4 Å². The van der Waals surface area contributed by atoms with Gasteiger partial charge in [0.1, 0.15) is 23.0 Å². The van der Waals surface area contributed by atoms with Crippen LogP contribution in [0.5, 0.6) is 5.75 Å². The fourth-order valence-electron chi connectivity index (χ4n) is 6.34. The van der Waals surface area contributed by atoms with Crippen LogP contribution in [0.4, 0.5) is 4.79 Å². The van der Waals surface area contributed by atoms with Gasteiger partial charge in [-0.15, -0.1) is 0 Å². The minimum atomic E-state index is -0.999. The maximum absolute atomic E-state index is 13.9. The zero-order chi connectivity index (χ0) is 31.1. The number of benzene rings is 4. The Morgan fingerprint density at radius 2 is 1.62 bits per heavy atom. The number of rotatable bonds is 8. The lowest BCUT2D eigenvalue weighted by Gasteiger charge is -2.45. The Kier molecular flexibility index (Phi) is 7.43. The normalized spacial score (nSPS) is 22.1. The van der Waals surface area contributed by atoms with Crippen LogP contribution in [0.25, 0.3) is 33.1 Å². The molecule has 0 radical (unpaired) electrons. The van der Waals surface area contributed by atoms with Gasteiger partial charge < -0.3 is 33.4 Å². The molecule has 5 aromatic rings. The SMILES string of the molecule is CO[C@@H]1[C@H]2OC(=O)O[C@H]2[C@H](Oc2ccc(-c3cccc4c3oc3ccccc34)c(C(=O)NCCc3ccccc3)c2)OC1(C)C. The average molecular weight is 608 g/mol. The maximum atomic E-state index is 13.9. The summed E-state index contributed by atoms with van der Waals surface area (Å²) in [4.78, 5) is 26.0. The first-order valence-electron chi connectivity index (χ1n) is 14.9. The first-order valence-corrected chi connectivity index (χ1v) is 14.9. The van der Waals surface area contributed by atoms with Gasteiger partial charge in [-0.2, -0.15) is 0 Å². The second-order valence-electron chi connectivity index (χ2n) is 11.8. The van der Waals surface area contributed by atoms with Gasteiger partial charge in [-0.1, -0.05) is 66.7 Å². The van der Waals surface area contributed by atoms with Gasteiger partial charge in [-0.25, -0.2) is 4.79 Å². The van der Waals surface area contributed by atoms with Crippen molar-refractivity contribution in [3.63, 3.8) is 0 Å². The topological polar surface area (TPSA) is 105 Å². The van der Waals surface area contributed by atoms with Crippen molar-refractivity contribution in [3.8, 4) is 16.9 Å². The third kappa shape index (κ3) is 5.38. The summed E-state index contributed by atoms with van der Waals surface area (Å²) in [6, 6.07) is 29.0. The third-order valence-electron chi connectivity index (χ3n) is 8.44. The predicted octanol–water partition coefficient (Wildman–Crippen LogP) is 6.66. The Balaban J connectivity index is 1.25. The Morgan fingerprint density at radius 1 is 0.867 bits per heavy atom. The summed E-state index contributed by atoms with van der Waals surface area (Å²) in [5, 5.41) is 5.02. The lowest BCUT2D eigenvalue weighted by Crippen LogP contribution is -2.62. The third-order valence-corrected chi connectivity index (χ3v) is 8.44. The van der Waals surface area contributed by atoms with Crippen LogP contribution in [-0.2, 0) is 25.4 Å². The molecule has 9 heteroatoms. The predicted molar refractivity (Wildman–Crippen MR) is 167 cm³/mol. The lowest BCUT2D eigenvalue weighted by atomic mass is 9.89. The second kappa shape index (κ2) is 11.6. The highest BCUT2D eigenvalue weighted by molar-refractivity contribution is 6.12.